The van der Waals surface area contributed by atoms with E-state index in [1.807, 2.05) is 0 Å². The van der Waals surface area contributed by atoms with Crippen molar-refractivity contribution >= 4 is 22.4 Å². The van der Waals surface area contributed by atoms with Crippen LogP contribution < -0.4 is 10.6 Å². The first kappa shape index (κ1) is 18.8. The first-order chi connectivity index (χ1) is 12.4. The molecule has 0 unspecified atom stereocenters. The van der Waals surface area contributed by atoms with Gasteiger partial charge in [-0.25, -0.2) is 4.98 Å². The van der Waals surface area contributed by atoms with Crippen molar-refractivity contribution in [2.45, 2.75) is 37.8 Å². The second-order valence-electron chi connectivity index (χ2n) is 6.38. The van der Waals surface area contributed by atoms with E-state index in [0.29, 0.717) is 36.0 Å². The van der Waals surface area contributed by atoms with Gasteiger partial charge in [0.1, 0.15) is 0 Å². The standard InChI is InChI=1S/C18H20F3N3OS/c1-22-8-7-15(25)23-17-24-16(12-5-6-12)14(26-17)10-11-3-2-4-13(9-11)18(19,20)21/h2-4,9,12,22H,5-8,10H2,1H3,(H,23,24,25). The normalized spacial score (nSPS) is 14.5. The zero-order chi connectivity index (χ0) is 18.7. The van der Waals surface area contributed by atoms with Gasteiger partial charge in [0.05, 0.1) is 11.3 Å². The molecule has 8 heteroatoms. The van der Waals surface area contributed by atoms with E-state index in [-0.39, 0.29) is 5.91 Å². The van der Waals surface area contributed by atoms with Crippen molar-refractivity contribution in [1.82, 2.24) is 10.3 Å². The molecule has 2 N–H and O–H groups in total. The number of nitrogens with one attached hydrogen (secondary N) is 2. The van der Waals surface area contributed by atoms with Crippen LogP contribution in [-0.2, 0) is 17.4 Å². The Kier molecular flexibility index (Phi) is 5.62. The molecular weight excluding hydrogens is 363 g/mol. The summed E-state index contributed by atoms with van der Waals surface area (Å²) in [5.41, 5.74) is 0.864. The number of thiazole rings is 1. The summed E-state index contributed by atoms with van der Waals surface area (Å²) in [6, 6.07) is 5.38. The molecule has 1 aromatic heterocycles. The highest BCUT2D eigenvalue weighted by Crippen LogP contribution is 2.44. The quantitative estimate of drug-likeness (QED) is 0.754. The molecule has 2 aromatic rings. The second kappa shape index (κ2) is 7.75. The molecule has 0 saturated heterocycles. The highest BCUT2D eigenvalue weighted by Gasteiger charge is 2.32. The number of halogens is 3. The highest BCUT2D eigenvalue weighted by molar-refractivity contribution is 7.15. The largest absolute Gasteiger partial charge is 0.416 e. The van der Waals surface area contributed by atoms with Gasteiger partial charge in [0.2, 0.25) is 5.91 Å². The van der Waals surface area contributed by atoms with E-state index < -0.39 is 11.7 Å². The average Bonchev–Trinajstić information content (AvgIpc) is 3.35. The van der Waals surface area contributed by atoms with Crippen LogP contribution in [0.5, 0.6) is 0 Å². The number of anilines is 1. The van der Waals surface area contributed by atoms with Gasteiger partial charge in [-0.2, -0.15) is 13.2 Å². The molecule has 140 valence electrons. The van der Waals surface area contributed by atoms with Crippen LogP contribution in [0.4, 0.5) is 18.3 Å². The lowest BCUT2D eigenvalue weighted by atomic mass is 10.1. The van der Waals surface area contributed by atoms with Gasteiger partial charge in [0, 0.05) is 30.2 Å². The number of carbonyl (C=O) groups is 1. The third-order valence-corrected chi connectivity index (χ3v) is 5.15. The van der Waals surface area contributed by atoms with Gasteiger partial charge in [-0.05, 0) is 31.5 Å². The summed E-state index contributed by atoms with van der Waals surface area (Å²) in [6.45, 7) is 0.573. The van der Waals surface area contributed by atoms with Crippen molar-refractivity contribution in [2.24, 2.45) is 0 Å². The Labute approximate surface area is 153 Å². The fourth-order valence-corrected chi connectivity index (χ4v) is 3.78. The van der Waals surface area contributed by atoms with Gasteiger partial charge in [0.25, 0.3) is 0 Å². The maximum Gasteiger partial charge on any atom is 0.416 e. The number of alkyl halides is 3. The van der Waals surface area contributed by atoms with Crippen molar-refractivity contribution in [3.8, 4) is 0 Å². The number of carbonyl (C=O) groups excluding carboxylic acids is 1. The molecule has 1 fully saturated rings. The Balaban J connectivity index is 1.78. The maximum atomic E-state index is 12.9. The molecule has 1 amide bonds. The summed E-state index contributed by atoms with van der Waals surface area (Å²) < 4.78 is 38.7. The summed E-state index contributed by atoms with van der Waals surface area (Å²) in [7, 11) is 1.77. The first-order valence-electron chi connectivity index (χ1n) is 8.47. The molecule has 3 rings (SSSR count). The fourth-order valence-electron chi connectivity index (χ4n) is 2.68. The van der Waals surface area contributed by atoms with E-state index in [1.54, 1.807) is 13.1 Å². The van der Waals surface area contributed by atoms with Crippen molar-refractivity contribution in [1.29, 1.82) is 0 Å². The van der Waals surface area contributed by atoms with Crippen LogP contribution in [0.25, 0.3) is 0 Å². The molecule has 26 heavy (non-hydrogen) atoms. The van der Waals surface area contributed by atoms with Crippen LogP contribution in [0.15, 0.2) is 24.3 Å². The van der Waals surface area contributed by atoms with Crippen molar-refractivity contribution in [2.75, 3.05) is 18.9 Å². The van der Waals surface area contributed by atoms with E-state index in [0.717, 1.165) is 29.5 Å². The number of nitrogens with zero attached hydrogens (tertiary/aromatic N) is 1. The minimum absolute atomic E-state index is 0.124. The smallest absolute Gasteiger partial charge is 0.319 e. The zero-order valence-electron chi connectivity index (χ0n) is 14.3. The fraction of sp³-hybridized carbons (Fsp3) is 0.444. The van der Waals surface area contributed by atoms with E-state index >= 15 is 0 Å². The van der Waals surface area contributed by atoms with Crippen molar-refractivity contribution in [3.05, 3.63) is 46.0 Å². The number of aromatic nitrogens is 1. The van der Waals surface area contributed by atoms with Gasteiger partial charge in [-0.1, -0.05) is 18.2 Å². The molecule has 1 saturated carbocycles. The minimum Gasteiger partial charge on any atom is -0.319 e. The molecule has 1 aliphatic rings. The number of amides is 1. The van der Waals surface area contributed by atoms with E-state index in [2.05, 4.69) is 15.6 Å². The van der Waals surface area contributed by atoms with Crippen LogP contribution in [0.1, 0.15) is 46.9 Å². The molecule has 1 heterocycles. The lowest BCUT2D eigenvalue weighted by molar-refractivity contribution is -0.137. The van der Waals surface area contributed by atoms with E-state index in [4.69, 9.17) is 0 Å². The van der Waals surface area contributed by atoms with Crippen molar-refractivity contribution in [3.63, 3.8) is 0 Å². The average molecular weight is 383 g/mol. The van der Waals surface area contributed by atoms with Crippen LogP contribution >= 0.6 is 11.3 Å². The maximum absolute atomic E-state index is 12.9. The summed E-state index contributed by atoms with van der Waals surface area (Å²) >= 11 is 1.35. The Hall–Kier alpha value is -1.93. The summed E-state index contributed by atoms with van der Waals surface area (Å²) in [5, 5.41) is 6.22. The summed E-state index contributed by atoms with van der Waals surface area (Å²) in [4.78, 5) is 17.3. The Morgan fingerprint density at radius 1 is 1.35 bits per heavy atom. The summed E-state index contributed by atoms with van der Waals surface area (Å²) in [5.74, 6) is 0.232. The van der Waals surface area contributed by atoms with Crippen LogP contribution in [0.3, 0.4) is 0 Å². The van der Waals surface area contributed by atoms with Crippen LogP contribution in [-0.4, -0.2) is 24.5 Å². The van der Waals surface area contributed by atoms with Gasteiger partial charge >= 0.3 is 6.18 Å². The van der Waals surface area contributed by atoms with Gasteiger partial charge < -0.3 is 10.6 Å². The molecular formula is C18H20F3N3OS. The Morgan fingerprint density at radius 2 is 2.12 bits per heavy atom. The summed E-state index contributed by atoms with van der Waals surface area (Å²) in [6.07, 6.45) is -1.55. The molecule has 1 aromatic carbocycles. The Bertz CT molecular complexity index is 784. The topological polar surface area (TPSA) is 54.0 Å². The molecule has 1 aliphatic carbocycles. The van der Waals surface area contributed by atoms with E-state index in [1.165, 1.54) is 23.5 Å². The molecule has 0 atom stereocenters. The number of rotatable bonds is 7. The van der Waals surface area contributed by atoms with E-state index in [9.17, 15) is 18.0 Å². The lowest BCUT2D eigenvalue weighted by Gasteiger charge is -2.08. The zero-order valence-corrected chi connectivity index (χ0v) is 15.1. The second-order valence-corrected chi connectivity index (χ2v) is 7.46. The number of benzene rings is 1. The predicted octanol–water partition coefficient (Wildman–Crippen LogP) is 4.18. The van der Waals surface area contributed by atoms with Gasteiger partial charge in [-0.3, -0.25) is 4.79 Å². The molecule has 0 bridgehead atoms. The third kappa shape index (κ3) is 4.82. The van der Waals surface area contributed by atoms with Crippen LogP contribution in [0.2, 0.25) is 0 Å². The number of hydrogen-bond donors (Lipinski definition) is 2. The SMILES string of the molecule is CNCCC(=O)Nc1nc(C2CC2)c(Cc2cccc(C(F)(F)F)c2)s1. The molecule has 0 spiro atoms. The minimum atomic E-state index is -4.35. The molecule has 4 nitrogen and oxygen atoms in total. The predicted molar refractivity (Wildman–Crippen MR) is 95.5 cm³/mol. The Morgan fingerprint density at radius 3 is 2.77 bits per heavy atom. The number of hydrogen-bond acceptors (Lipinski definition) is 4. The molecule has 0 radical (unpaired) electrons. The highest BCUT2D eigenvalue weighted by atomic mass is 32.1. The van der Waals surface area contributed by atoms with Crippen molar-refractivity contribution < 1.29 is 18.0 Å². The lowest BCUT2D eigenvalue weighted by Crippen LogP contribution is -2.18. The van der Waals surface area contributed by atoms with Gasteiger partial charge in [0.15, 0.2) is 5.13 Å². The van der Waals surface area contributed by atoms with Crippen LogP contribution in [0, 0.1) is 0 Å². The molecule has 0 aliphatic heterocycles. The first-order valence-corrected chi connectivity index (χ1v) is 9.28. The monoisotopic (exact) mass is 383 g/mol. The van der Waals surface area contributed by atoms with Gasteiger partial charge in [-0.15, -0.1) is 11.3 Å². The third-order valence-electron chi connectivity index (χ3n) is 4.16.